The number of benzene rings is 1. The fourth-order valence-electron chi connectivity index (χ4n) is 3.41. The number of Topliss-reactive ketones (excluding diaryl/α,β-unsaturated/α-hetero) is 1. The third-order valence-corrected chi connectivity index (χ3v) is 5.27. The fraction of sp³-hybridized carbons (Fsp3) is 0.321. The van der Waals surface area contributed by atoms with Crippen molar-refractivity contribution in [3.8, 4) is 5.75 Å². The van der Waals surface area contributed by atoms with E-state index >= 15 is 0 Å². The summed E-state index contributed by atoms with van der Waals surface area (Å²) in [4.78, 5) is 22.3. The third kappa shape index (κ3) is 5.70. The third-order valence-electron chi connectivity index (χ3n) is 5.27. The first-order valence-corrected chi connectivity index (χ1v) is 10.8. The molecule has 4 heteroatoms. The van der Waals surface area contributed by atoms with Crippen molar-refractivity contribution in [2.24, 2.45) is 20.8 Å². The maximum Gasteiger partial charge on any atom is 0.186 e. The summed E-state index contributed by atoms with van der Waals surface area (Å²) in [6, 6.07) is 7.62. The van der Waals surface area contributed by atoms with Gasteiger partial charge in [-0.2, -0.15) is 0 Å². The molecular weight excluding hydrogens is 396 g/mol. The van der Waals surface area contributed by atoms with Crippen molar-refractivity contribution in [1.29, 1.82) is 0 Å². The van der Waals surface area contributed by atoms with Gasteiger partial charge in [-0.1, -0.05) is 41.5 Å². The zero-order valence-corrected chi connectivity index (χ0v) is 20.1. The molecule has 0 fully saturated rings. The van der Waals surface area contributed by atoms with Crippen LogP contribution >= 0.6 is 0 Å². The molecule has 32 heavy (non-hydrogen) atoms. The van der Waals surface area contributed by atoms with E-state index in [2.05, 4.69) is 51.5 Å². The van der Waals surface area contributed by atoms with Crippen LogP contribution in [0.5, 0.6) is 5.75 Å². The molecule has 4 nitrogen and oxygen atoms in total. The van der Waals surface area contributed by atoms with E-state index < -0.39 is 0 Å². The van der Waals surface area contributed by atoms with Gasteiger partial charge in [0.2, 0.25) is 0 Å². The topological polar surface area (TPSA) is 51.0 Å². The smallest absolute Gasteiger partial charge is 0.186 e. The molecule has 2 aliphatic carbocycles. The number of aliphatic imine (C=N–C) groups is 2. The minimum absolute atomic E-state index is 0.131. The molecule has 1 aromatic rings. The predicted molar refractivity (Wildman–Crippen MR) is 134 cm³/mol. The molecule has 0 bridgehead atoms. The van der Waals surface area contributed by atoms with E-state index in [-0.39, 0.29) is 16.6 Å². The molecule has 0 N–H and O–H groups in total. The summed E-state index contributed by atoms with van der Waals surface area (Å²) < 4.78 is 5.18. The number of carbonyl (C=O) groups is 1. The molecule has 0 saturated carbocycles. The molecule has 0 aromatic heterocycles. The number of allylic oxidation sites excluding steroid dienone is 9. The molecular formula is C28H32N2O2. The summed E-state index contributed by atoms with van der Waals surface area (Å²) in [5.41, 5.74) is 4.67. The number of hydrogen-bond donors (Lipinski definition) is 0. The lowest BCUT2D eigenvalue weighted by Crippen LogP contribution is -2.27. The first-order chi connectivity index (χ1) is 15.0. The van der Waals surface area contributed by atoms with Gasteiger partial charge in [0.05, 0.1) is 24.2 Å². The van der Waals surface area contributed by atoms with Crippen LogP contribution in [-0.2, 0) is 4.79 Å². The summed E-state index contributed by atoms with van der Waals surface area (Å²) in [5, 5.41) is 0. The van der Waals surface area contributed by atoms with Gasteiger partial charge < -0.3 is 4.74 Å². The Hall–Kier alpha value is -3.27. The van der Waals surface area contributed by atoms with Gasteiger partial charge in [-0.3, -0.25) is 9.79 Å². The molecule has 166 valence electrons. The van der Waals surface area contributed by atoms with Gasteiger partial charge >= 0.3 is 0 Å². The van der Waals surface area contributed by atoms with E-state index in [1.807, 2.05) is 66.9 Å². The van der Waals surface area contributed by atoms with Gasteiger partial charge in [-0.05, 0) is 77.1 Å². The average molecular weight is 429 g/mol. The van der Waals surface area contributed by atoms with Crippen molar-refractivity contribution >= 4 is 22.9 Å². The first-order valence-electron chi connectivity index (χ1n) is 10.8. The maximum absolute atomic E-state index is 13.1. The molecule has 0 radical (unpaired) electrons. The SMILES string of the molecule is COc1ccc(N=C2C=CC(=NC=C3C=C(C(C)(C)C)C(=O)C(C(C)(C)C)=C3)C=C2)cc1. The van der Waals surface area contributed by atoms with Crippen molar-refractivity contribution < 1.29 is 9.53 Å². The van der Waals surface area contributed by atoms with Crippen LogP contribution in [0, 0.1) is 10.8 Å². The lowest BCUT2D eigenvalue weighted by molar-refractivity contribution is -0.114. The van der Waals surface area contributed by atoms with Crippen molar-refractivity contribution in [2.45, 2.75) is 41.5 Å². The van der Waals surface area contributed by atoms with E-state index in [4.69, 9.17) is 4.74 Å². The number of ketones is 1. The summed E-state index contributed by atoms with van der Waals surface area (Å²) in [6.07, 6.45) is 13.5. The van der Waals surface area contributed by atoms with Gasteiger partial charge in [0.15, 0.2) is 5.78 Å². The number of ether oxygens (including phenoxy) is 1. The zero-order valence-electron chi connectivity index (χ0n) is 20.1. The Labute approximate surface area is 191 Å². The molecule has 2 aliphatic rings. The number of methoxy groups -OCH3 is 1. The monoisotopic (exact) mass is 428 g/mol. The Bertz CT molecular complexity index is 1050. The summed E-state index contributed by atoms with van der Waals surface area (Å²) in [5.74, 6) is 0.939. The highest BCUT2D eigenvalue weighted by atomic mass is 16.5. The molecule has 1 aromatic carbocycles. The van der Waals surface area contributed by atoms with Crippen LogP contribution in [0.3, 0.4) is 0 Å². The lowest BCUT2D eigenvalue weighted by atomic mass is 9.72. The predicted octanol–water partition coefficient (Wildman–Crippen LogP) is 6.75. The first kappa shape index (κ1) is 23.4. The Morgan fingerprint density at radius 2 is 1.28 bits per heavy atom. The van der Waals surface area contributed by atoms with E-state index in [0.29, 0.717) is 0 Å². The van der Waals surface area contributed by atoms with Crippen LogP contribution in [0.15, 0.2) is 93.6 Å². The molecule has 0 amide bonds. The minimum atomic E-state index is -0.231. The van der Waals surface area contributed by atoms with Gasteiger partial charge in [0, 0.05) is 17.3 Å². The van der Waals surface area contributed by atoms with Crippen molar-refractivity contribution in [3.63, 3.8) is 0 Å². The maximum atomic E-state index is 13.1. The van der Waals surface area contributed by atoms with Gasteiger partial charge in [-0.25, -0.2) is 4.99 Å². The number of hydrogen-bond acceptors (Lipinski definition) is 4. The quantitative estimate of drug-likeness (QED) is 0.500. The van der Waals surface area contributed by atoms with Crippen LogP contribution in [0.25, 0.3) is 0 Å². The molecule has 0 aliphatic heterocycles. The fourth-order valence-corrected chi connectivity index (χ4v) is 3.41. The van der Waals surface area contributed by atoms with Gasteiger partial charge in [0.1, 0.15) is 5.75 Å². The summed E-state index contributed by atoms with van der Waals surface area (Å²) in [6.45, 7) is 12.4. The molecule has 3 rings (SSSR count). The van der Waals surface area contributed by atoms with Crippen LogP contribution in [0.2, 0.25) is 0 Å². The molecule has 0 spiro atoms. The Balaban J connectivity index is 1.84. The van der Waals surface area contributed by atoms with E-state index in [1.165, 1.54) is 0 Å². The minimum Gasteiger partial charge on any atom is -0.497 e. The van der Waals surface area contributed by atoms with Crippen LogP contribution in [0.4, 0.5) is 5.69 Å². The van der Waals surface area contributed by atoms with Crippen molar-refractivity contribution in [2.75, 3.05) is 7.11 Å². The average Bonchev–Trinajstić information content (AvgIpc) is 2.73. The van der Waals surface area contributed by atoms with Crippen molar-refractivity contribution in [3.05, 3.63) is 83.6 Å². The number of carbonyl (C=O) groups excluding carboxylic acids is 1. The van der Waals surface area contributed by atoms with E-state index in [9.17, 15) is 4.79 Å². The Morgan fingerprint density at radius 1 is 0.781 bits per heavy atom. The van der Waals surface area contributed by atoms with Crippen LogP contribution < -0.4 is 4.74 Å². The van der Waals surface area contributed by atoms with Gasteiger partial charge in [-0.15, -0.1) is 0 Å². The zero-order chi connectivity index (χ0) is 23.5. The van der Waals surface area contributed by atoms with Gasteiger partial charge in [0.25, 0.3) is 0 Å². The number of nitrogens with zero attached hydrogens (tertiary/aromatic N) is 2. The standard InChI is InChI=1S/C28H32N2O2/c1-27(2,3)24-16-19(17-25(26(24)31)28(4,5)6)18-29-20-8-10-21(11-9-20)30-22-12-14-23(32-7)15-13-22/h8-18H,1-7H3. The summed E-state index contributed by atoms with van der Waals surface area (Å²) >= 11 is 0. The van der Waals surface area contributed by atoms with E-state index in [1.54, 1.807) is 7.11 Å². The molecule has 0 heterocycles. The molecule has 0 atom stereocenters. The van der Waals surface area contributed by atoms with Crippen LogP contribution in [0.1, 0.15) is 41.5 Å². The normalized spacial score (nSPS) is 16.6. The second-order valence-corrected chi connectivity index (χ2v) is 10.0. The molecule has 0 unspecified atom stereocenters. The largest absolute Gasteiger partial charge is 0.497 e. The van der Waals surface area contributed by atoms with E-state index in [0.717, 1.165) is 39.6 Å². The lowest BCUT2D eigenvalue weighted by Gasteiger charge is -2.31. The van der Waals surface area contributed by atoms with Crippen molar-refractivity contribution in [1.82, 2.24) is 0 Å². The Morgan fingerprint density at radius 3 is 1.75 bits per heavy atom. The second kappa shape index (κ2) is 9.07. The Kier molecular flexibility index (Phi) is 6.63. The van der Waals surface area contributed by atoms with Crippen LogP contribution in [-0.4, -0.2) is 24.3 Å². The highest BCUT2D eigenvalue weighted by Crippen LogP contribution is 2.38. The molecule has 0 saturated heterocycles. The summed E-state index contributed by atoms with van der Waals surface area (Å²) in [7, 11) is 1.65. The highest BCUT2D eigenvalue weighted by molar-refractivity contribution is 6.19. The second-order valence-electron chi connectivity index (χ2n) is 10.0. The number of rotatable bonds is 3. The highest BCUT2D eigenvalue weighted by Gasteiger charge is 2.33.